The van der Waals surface area contributed by atoms with E-state index in [1.54, 1.807) is 11.3 Å². The summed E-state index contributed by atoms with van der Waals surface area (Å²) in [6.07, 6.45) is 8.17. The topological polar surface area (TPSA) is 80.9 Å². The molecule has 0 radical (unpaired) electrons. The number of hydrogen-bond donors (Lipinski definition) is 1. The van der Waals surface area contributed by atoms with Crippen LogP contribution in [-0.4, -0.2) is 31.9 Å². The van der Waals surface area contributed by atoms with Crippen LogP contribution in [0, 0.1) is 24.7 Å². The molecule has 6 nitrogen and oxygen atoms in total. The van der Waals surface area contributed by atoms with E-state index in [-0.39, 0.29) is 16.7 Å². The molecule has 0 unspecified atom stereocenters. The van der Waals surface area contributed by atoms with Gasteiger partial charge in [-0.1, -0.05) is 11.8 Å². The number of amides is 1. The van der Waals surface area contributed by atoms with Gasteiger partial charge < -0.3 is 9.73 Å². The third-order valence-electron chi connectivity index (χ3n) is 6.52. The number of thiazole rings is 1. The standard InChI is InChI=1S/C20H26N4O2S2/c1-11(28-19-24-23-17(26-19)6-16-10-27-12(2)21-16)18(25)22-20-7-13-3-14(8-20)5-15(4-13)9-20/h10-11,13-15H,3-9H2,1-2H3,(H,22,25)/t11-,13?,14?,15?,20?/m1/s1. The predicted molar refractivity (Wildman–Crippen MR) is 108 cm³/mol. The van der Waals surface area contributed by atoms with E-state index < -0.39 is 0 Å². The Bertz CT molecular complexity index is 842. The molecule has 1 amide bonds. The molecule has 0 spiro atoms. The Hall–Kier alpha value is -1.41. The first-order valence-electron chi connectivity index (χ1n) is 10.2. The third kappa shape index (κ3) is 3.73. The fourth-order valence-corrected chi connectivity index (χ4v) is 7.15. The van der Waals surface area contributed by atoms with Crippen molar-refractivity contribution in [1.29, 1.82) is 0 Å². The van der Waals surface area contributed by atoms with Crippen molar-refractivity contribution in [2.75, 3.05) is 0 Å². The van der Waals surface area contributed by atoms with E-state index in [0.717, 1.165) is 28.5 Å². The highest BCUT2D eigenvalue weighted by molar-refractivity contribution is 8.00. The maximum atomic E-state index is 12.9. The smallest absolute Gasteiger partial charge is 0.277 e. The summed E-state index contributed by atoms with van der Waals surface area (Å²) in [6.45, 7) is 3.90. The summed E-state index contributed by atoms with van der Waals surface area (Å²) in [5.41, 5.74) is 0.985. The van der Waals surface area contributed by atoms with E-state index in [4.69, 9.17) is 4.42 Å². The molecule has 4 aliphatic carbocycles. The summed E-state index contributed by atoms with van der Waals surface area (Å²) in [5.74, 6) is 3.11. The Morgan fingerprint density at radius 3 is 2.57 bits per heavy atom. The average Bonchev–Trinajstić information content (AvgIpc) is 3.22. The molecule has 150 valence electrons. The molecule has 0 aromatic carbocycles. The molecule has 28 heavy (non-hydrogen) atoms. The molecule has 4 saturated carbocycles. The SMILES string of the molecule is Cc1nc(Cc2nnc(S[C@H](C)C(=O)NC34CC5CC(CC(C5)C3)C4)o2)cs1. The monoisotopic (exact) mass is 418 g/mol. The molecule has 8 heteroatoms. The highest BCUT2D eigenvalue weighted by atomic mass is 32.2. The molecule has 2 aromatic rings. The van der Waals surface area contributed by atoms with E-state index in [0.29, 0.717) is 17.5 Å². The number of carbonyl (C=O) groups excluding carboxylic acids is 1. The van der Waals surface area contributed by atoms with Crippen molar-refractivity contribution in [3.8, 4) is 0 Å². The van der Waals surface area contributed by atoms with Crippen LogP contribution in [0.4, 0.5) is 0 Å². The zero-order valence-electron chi connectivity index (χ0n) is 16.3. The Labute approximate surface area is 173 Å². The van der Waals surface area contributed by atoms with Gasteiger partial charge in [-0.25, -0.2) is 4.98 Å². The second kappa shape index (κ2) is 7.13. The molecular formula is C20H26N4O2S2. The van der Waals surface area contributed by atoms with Gasteiger partial charge in [-0.05, 0) is 70.1 Å². The van der Waals surface area contributed by atoms with Crippen LogP contribution in [0.2, 0.25) is 0 Å². The number of rotatable bonds is 6. The minimum absolute atomic E-state index is 0.0448. The molecule has 0 aliphatic heterocycles. The molecule has 4 bridgehead atoms. The predicted octanol–water partition coefficient (Wildman–Crippen LogP) is 3.99. The Balaban J connectivity index is 1.19. The second-order valence-corrected chi connectivity index (χ2v) is 11.3. The largest absolute Gasteiger partial charge is 0.416 e. The molecule has 2 aromatic heterocycles. The minimum Gasteiger partial charge on any atom is -0.416 e. The summed E-state index contributed by atoms with van der Waals surface area (Å²) in [6, 6.07) is 0. The van der Waals surface area contributed by atoms with Gasteiger partial charge in [0.15, 0.2) is 0 Å². The van der Waals surface area contributed by atoms with Crippen molar-refractivity contribution in [3.05, 3.63) is 22.0 Å². The number of nitrogens with zero attached hydrogens (tertiary/aromatic N) is 3. The zero-order valence-corrected chi connectivity index (χ0v) is 17.9. The van der Waals surface area contributed by atoms with Crippen LogP contribution in [0.3, 0.4) is 0 Å². The number of thioether (sulfide) groups is 1. The molecule has 0 saturated heterocycles. The maximum Gasteiger partial charge on any atom is 0.277 e. The fourth-order valence-electron chi connectivity index (χ4n) is 5.83. The van der Waals surface area contributed by atoms with E-state index in [1.807, 2.05) is 19.2 Å². The van der Waals surface area contributed by atoms with Crippen molar-refractivity contribution in [3.63, 3.8) is 0 Å². The lowest BCUT2D eigenvalue weighted by Crippen LogP contribution is -2.60. The normalized spacial score (nSPS) is 31.9. The number of aromatic nitrogens is 3. The number of hydrogen-bond acceptors (Lipinski definition) is 7. The summed E-state index contributed by atoms with van der Waals surface area (Å²) in [5, 5.41) is 14.9. The Morgan fingerprint density at radius 2 is 1.96 bits per heavy atom. The molecule has 2 heterocycles. The fraction of sp³-hybridized carbons (Fsp3) is 0.700. The van der Waals surface area contributed by atoms with Crippen molar-refractivity contribution >= 4 is 29.0 Å². The first-order chi connectivity index (χ1) is 13.5. The van der Waals surface area contributed by atoms with Gasteiger partial charge in [0.05, 0.1) is 22.4 Å². The van der Waals surface area contributed by atoms with Crippen molar-refractivity contribution < 1.29 is 9.21 Å². The molecular weight excluding hydrogens is 392 g/mol. The maximum absolute atomic E-state index is 12.9. The van der Waals surface area contributed by atoms with E-state index >= 15 is 0 Å². The third-order valence-corrected chi connectivity index (χ3v) is 8.28. The number of nitrogens with one attached hydrogen (secondary N) is 1. The number of aryl methyl sites for hydroxylation is 1. The van der Waals surface area contributed by atoms with Crippen LogP contribution in [0.1, 0.15) is 62.0 Å². The Morgan fingerprint density at radius 1 is 1.29 bits per heavy atom. The van der Waals surface area contributed by atoms with Gasteiger partial charge in [0, 0.05) is 10.9 Å². The van der Waals surface area contributed by atoms with Crippen molar-refractivity contribution in [2.24, 2.45) is 17.8 Å². The first-order valence-corrected chi connectivity index (χ1v) is 11.9. The van der Waals surface area contributed by atoms with Crippen LogP contribution in [0.15, 0.2) is 15.0 Å². The minimum atomic E-state index is -0.247. The van der Waals surface area contributed by atoms with Crippen molar-refractivity contribution in [2.45, 2.75) is 74.8 Å². The molecule has 4 fully saturated rings. The van der Waals surface area contributed by atoms with Crippen molar-refractivity contribution in [1.82, 2.24) is 20.5 Å². The van der Waals surface area contributed by atoms with Gasteiger partial charge in [-0.15, -0.1) is 21.5 Å². The zero-order chi connectivity index (χ0) is 19.3. The molecule has 1 atom stereocenters. The molecule has 6 rings (SSSR count). The van der Waals surface area contributed by atoms with E-state index in [2.05, 4.69) is 20.5 Å². The molecule has 1 N–H and O–H groups in total. The van der Waals surface area contributed by atoms with Gasteiger partial charge in [0.25, 0.3) is 5.22 Å². The highest BCUT2D eigenvalue weighted by Gasteiger charge is 2.51. The quantitative estimate of drug-likeness (QED) is 0.715. The van der Waals surface area contributed by atoms with Gasteiger partial charge in [0.1, 0.15) is 0 Å². The van der Waals surface area contributed by atoms with Crippen LogP contribution in [0.5, 0.6) is 0 Å². The summed E-state index contributed by atoms with van der Waals surface area (Å²) < 4.78 is 5.74. The van der Waals surface area contributed by atoms with Crippen LogP contribution in [0.25, 0.3) is 0 Å². The second-order valence-electron chi connectivity index (χ2n) is 8.94. The lowest BCUT2D eigenvalue weighted by atomic mass is 9.53. The van der Waals surface area contributed by atoms with Gasteiger partial charge in [0.2, 0.25) is 11.8 Å². The molecule has 4 aliphatic rings. The van der Waals surface area contributed by atoms with Gasteiger partial charge in [-0.2, -0.15) is 0 Å². The average molecular weight is 419 g/mol. The van der Waals surface area contributed by atoms with E-state index in [9.17, 15) is 4.79 Å². The first kappa shape index (κ1) is 18.6. The Kier molecular flexibility index (Phi) is 4.74. The lowest BCUT2D eigenvalue weighted by molar-refractivity contribution is -0.126. The van der Waals surface area contributed by atoms with Crippen LogP contribution >= 0.6 is 23.1 Å². The summed E-state index contributed by atoms with van der Waals surface area (Å²) >= 11 is 2.96. The number of carbonyl (C=O) groups is 1. The van der Waals surface area contributed by atoms with Gasteiger partial charge in [-0.3, -0.25) is 4.79 Å². The van der Waals surface area contributed by atoms with Gasteiger partial charge >= 0.3 is 0 Å². The summed E-state index contributed by atoms with van der Waals surface area (Å²) in [4.78, 5) is 17.3. The van der Waals surface area contributed by atoms with Crippen LogP contribution < -0.4 is 5.32 Å². The highest BCUT2D eigenvalue weighted by Crippen LogP contribution is 2.55. The lowest BCUT2D eigenvalue weighted by Gasteiger charge is -2.57. The summed E-state index contributed by atoms with van der Waals surface area (Å²) in [7, 11) is 0. The van der Waals surface area contributed by atoms with E-state index in [1.165, 1.54) is 50.3 Å². The van der Waals surface area contributed by atoms with Crippen LogP contribution in [-0.2, 0) is 11.2 Å².